The van der Waals surface area contributed by atoms with Crippen LogP contribution >= 0.6 is 7.60 Å². The Kier molecular flexibility index (Phi) is 6.36. The first-order chi connectivity index (χ1) is 12.3. The Morgan fingerprint density at radius 2 is 2.00 bits per heavy atom. The van der Waals surface area contributed by atoms with Crippen molar-refractivity contribution in [2.45, 2.75) is 76.0 Å². The highest BCUT2D eigenvalue weighted by Crippen LogP contribution is 2.57. The van der Waals surface area contributed by atoms with E-state index in [2.05, 4.69) is 4.98 Å². The van der Waals surface area contributed by atoms with Gasteiger partial charge in [-0.05, 0) is 33.3 Å². The van der Waals surface area contributed by atoms with E-state index in [1.165, 1.54) is 25.3 Å². The molecule has 0 radical (unpaired) electrons. The second-order valence-corrected chi connectivity index (χ2v) is 9.95. The zero-order chi connectivity index (χ0) is 20.6. The molecule has 1 aromatic heterocycles. The van der Waals surface area contributed by atoms with E-state index < -0.39 is 43.0 Å². The summed E-state index contributed by atoms with van der Waals surface area (Å²) in [6.07, 6.45) is -3.78. The molecular weight excluding hydrogens is 380 g/mol. The minimum atomic E-state index is -4.40. The maximum atomic E-state index is 14.6. The first-order valence-electron chi connectivity index (χ1n) is 8.72. The van der Waals surface area contributed by atoms with Gasteiger partial charge in [0.05, 0.1) is 11.7 Å². The summed E-state index contributed by atoms with van der Waals surface area (Å²) in [5, 5.41) is 18.1. The summed E-state index contributed by atoms with van der Waals surface area (Å²) in [5.41, 5.74) is -1.22. The zero-order valence-corrected chi connectivity index (χ0v) is 16.6. The minimum Gasteiger partial charge on any atom is -0.387 e. The second-order valence-electron chi connectivity index (χ2n) is 7.63. The van der Waals surface area contributed by atoms with Crippen LogP contribution in [0.15, 0.2) is 23.1 Å². The molecule has 0 amide bonds. The van der Waals surface area contributed by atoms with Gasteiger partial charge < -0.3 is 29.4 Å². The molecular formula is C17H27FNO7P. The quantitative estimate of drug-likeness (QED) is 0.509. The smallest absolute Gasteiger partial charge is 0.359 e. The molecule has 1 aliphatic rings. The number of alkyl halides is 1. The van der Waals surface area contributed by atoms with Crippen molar-refractivity contribution in [1.82, 2.24) is 4.98 Å². The SMILES string of the molecule is CCC(C)(C[C@H]1O[C@@H](c2ccc(=O)[nH]c2)[C@@H](F)C1O)OP(=O)(O)C(C)(C)O. The van der Waals surface area contributed by atoms with Gasteiger partial charge in [-0.1, -0.05) is 6.92 Å². The fraction of sp³-hybridized carbons (Fsp3) is 0.706. The van der Waals surface area contributed by atoms with E-state index in [4.69, 9.17) is 9.26 Å². The van der Waals surface area contributed by atoms with Gasteiger partial charge in [0.1, 0.15) is 12.2 Å². The fourth-order valence-corrected chi connectivity index (χ4v) is 3.87. The lowest BCUT2D eigenvalue weighted by Crippen LogP contribution is -2.39. The van der Waals surface area contributed by atoms with Crippen LogP contribution in [-0.4, -0.2) is 49.4 Å². The van der Waals surface area contributed by atoms with Crippen molar-refractivity contribution < 1.29 is 33.3 Å². The third-order valence-electron chi connectivity index (χ3n) is 4.87. The summed E-state index contributed by atoms with van der Waals surface area (Å²) in [7, 11) is -4.40. The average molecular weight is 407 g/mol. The van der Waals surface area contributed by atoms with Crippen LogP contribution in [0.3, 0.4) is 0 Å². The van der Waals surface area contributed by atoms with Crippen molar-refractivity contribution in [3.05, 3.63) is 34.2 Å². The molecule has 8 nitrogen and oxygen atoms in total. The number of H-pyrrole nitrogens is 1. The van der Waals surface area contributed by atoms with Crippen LogP contribution in [0, 0.1) is 0 Å². The molecule has 10 heteroatoms. The van der Waals surface area contributed by atoms with E-state index >= 15 is 0 Å². The Bertz CT molecular complexity index is 744. The van der Waals surface area contributed by atoms with Crippen molar-refractivity contribution in [2.75, 3.05) is 0 Å². The third-order valence-corrected chi connectivity index (χ3v) is 6.94. The van der Waals surface area contributed by atoms with Gasteiger partial charge in [0.25, 0.3) is 0 Å². The highest BCUT2D eigenvalue weighted by atomic mass is 31.2. The number of halogens is 1. The van der Waals surface area contributed by atoms with Gasteiger partial charge in [0, 0.05) is 24.2 Å². The Morgan fingerprint density at radius 3 is 2.48 bits per heavy atom. The van der Waals surface area contributed by atoms with Gasteiger partial charge in [-0.15, -0.1) is 0 Å². The summed E-state index contributed by atoms with van der Waals surface area (Å²) in [5.74, 6) is 0. The molecule has 1 saturated heterocycles. The van der Waals surface area contributed by atoms with E-state index in [1.807, 2.05) is 0 Å². The van der Waals surface area contributed by atoms with E-state index in [0.717, 1.165) is 13.8 Å². The molecule has 0 aliphatic carbocycles. The van der Waals surface area contributed by atoms with Crippen LogP contribution in [0.4, 0.5) is 4.39 Å². The number of rotatable bonds is 7. The molecule has 2 rings (SSSR count). The molecule has 1 aromatic rings. The molecule has 6 atom stereocenters. The molecule has 154 valence electrons. The van der Waals surface area contributed by atoms with Crippen molar-refractivity contribution in [2.24, 2.45) is 0 Å². The largest absolute Gasteiger partial charge is 0.387 e. The predicted molar refractivity (Wildman–Crippen MR) is 96.1 cm³/mol. The van der Waals surface area contributed by atoms with E-state index in [9.17, 15) is 28.9 Å². The number of hydrogen-bond acceptors (Lipinski definition) is 6. The summed E-state index contributed by atoms with van der Waals surface area (Å²) >= 11 is 0. The molecule has 4 N–H and O–H groups in total. The van der Waals surface area contributed by atoms with Crippen LogP contribution in [0.5, 0.6) is 0 Å². The maximum Gasteiger partial charge on any atom is 0.359 e. The molecule has 1 aliphatic heterocycles. The number of aromatic amines is 1. The first-order valence-corrected chi connectivity index (χ1v) is 10.3. The average Bonchev–Trinajstić information content (AvgIpc) is 2.82. The Morgan fingerprint density at radius 1 is 1.37 bits per heavy atom. The van der Waals surface area contributed by atoms with E-state index in [-0.39, 0.29) is 18.4 Å². The van der Waals surface area contributed by atoms with E-state index in [1.54, 1.807) is 6.92 Å². The van der Waals surface area contributed by atoms with Crippen LogP contribution in [0.25, 0.3) is 0 Å². The maximum absolute atomic E-state index is 14.6. The number of nitrogens with one attached hydrogen (secondary N) is 1. The lowest BCUT2D eigenvalue weighted by Gasteiger charge is -2.36. The highest BCUT2D eigenvalue weighted by Gasteiger charge is 2.50. The Balaban J connectivity index is 2.18. The van der Waals surface area contributed by atoms with Gasteiger partial charge in [0.2, 0.25) is 5.56 Å². The highest BCUT2D eigenvalue weighted by molar-refractivity contribution is 7.54. The summed E-state index contributed by atoms with van der Waals surface area (Å²) in [6, 6.07) is 2.65. The number of pyridine rings is 1. The fourth-order valence-electron chi connectivity index (χ4n) is 2.84. The lowest BCUT2D eigenvalue weighted by molar-refractivity contribution is -0.0521. The van der Waals surface area contributed by atoms with Gasteiger partial charge in [0.15, 0.2) is 11.5 Å². The zero-order valence-electron chi connectivity index (χ0n) is 15.8. The molecule has 0 aromatic carbocycles. The van der Waals surface area contributed by atoms with Crippen molar-refractivity contribution in [1.29, 1.82) is 0 Å². The molecule has 1 fully saturated rings. The number of hydrogen-bond donors (Lipinski definition) is 4. The molecule has 3 unspecified atom stereocenters. The molecule has 0 saturated carbocycles. The van der Waals surface area contributed by atoms with Crippen molar-refractivity contribution >= 4 is 7.60 Å². The van der Waals surface area contributed by atoms with Gasteiger partial charge in [-0.25, -0.2) is 4.39 Å². The molecule has 27 heavy (non-hydrogen) atoms. The summed E-state index contributed by atoms with van der Waals surface area (Å²) in [4.78, 5) is 23.6. The minimum absolute atomic E-state index is 0.0639. The summed E-state index contributed by atoms with van der Waals surface area (Å²) in [6.45, 7) is 5.57. The van der Waals surface area contributed by atoms with Crippen molar-refractivity contribution in [3.8, 4) is 0 Å². The molecule has 0 bridgehead atoms. The summed E-state index contributed by atoms with van der Waals surface area (Å²) < 4.78 is 37.9. The second kappa shape index (κ2) is 7.73. The molecule has 2 heterocycles. The molecule has 0 spiro atoms. The van der Waals surface area contributed by atoms with Gasteiger partial charge in [-0.2, -0.15) is 0 Å². The van der Waals surface area contributed by atoms with Crippen LogP contribution in [-0.2, 0) is 13.8 Å². The number of aliphatic hydroxyl groups excluding tert-OH is 1. The normalized spacial score (nSPS) is 30.7. The predicted octanol–water partition coefficient (Wildman–Crippen LogP) is 2.00. The Labute approximate surface area is 156 Å². The Hall–Kier alpha value is -1.09. The van der Waals surface area contributed by atoms with Crippen LogP contribution < -0.4 is 5.56 Å². The lowest BCUT2D eigenvalue weighted by atomic mass is 9.92. The first kappa shape index (κ1) is 22.2. The monoisotopic (exact) mass is 407 g/mol. The topological polar surface area (TPSA) is 129 Å². The van der Waals surface area contributed by atoms with Gasteiger partial charge >= 0.3 is 7.60 Å². The third kappa shape index (κ3) is 4.85. The standard InChI is InChI=1S/C17H27FNO7P/c1-5-17(4,26-27(23,24)16(2,3)22)8-11-14(21)13(18)15(25-11)10-6-7-12(20)19-9-10/h6-7,9,11,13-15,21-22H,5,8H2,1-4H3,(H,19,20)(H,23,24)/t11-,13+,14?,15+,17?/m1/s1. The number of aromatic nitrogens is 1. The van der Waals surface area contributed by atoms with Gasteiger partial charge in [-0.3, -0.25) is 9.36 Å². The number of aliphatic hydroxyl groups is 2. The van der Waals surface area contributed by atoms with Crippen LogP contribution in [0.1, 0.15) is 52.2 Å². The number of ether oxygens (including phenoxy) is 1. The van der Waals surface area contributed by atoms with Crippen LogP contribution in [0.2, 0.25) is 0 Å². The van der Waals surface area contributed by atoms with Crippen molar-refractivity contribution in [3.63, 3.8) is 0 Å². The van der Waals surface area contributed by atoms with E-state index in [0.29, 0.717) is 5.56 Å².